The first-order chi connectivity index (χ1) is 15.4. The van der Waals surface area contributed by atoms with Gasteiger partial charge in [-0.25, -0.2) is 15.0 Å². The average Bonchev–Trinajstić information content (AvgIpc) is 3.48. The molecular formula is C23H24F3N5S. The van der Waals surface area contributed by atoms with Crippen LogP contribution in [-0.4, -0.2) is 46.0 Å². The zero-order valence-corrected chi connectivity index (χ0v) is 18.5. The summed E-state index contributed by atoms with van der Waals surface area (Å²) in [6, 6.07) is 7.62. The maximum absolute atomic E-state index is 13.4. The number of nitrogens with zero attached hydrogens (tertiary/aromatic N) is 4. The predicted octanol–water partition coefficient (Wildman–Crippen LogP) is 5.67. The second-order valence-electron chi connectivity index (χ2n) is 8.57. The van der Waals surface area contributed by atoms with Crippen LogP contribution in [0.5, 0.6) is 0 Å². The number of piperidine rings is 1. The number of hydrogen-bond acceptors (Lipinski definition) is 6. The lowest BCUT2D eigenvalue weighted by Gasteiger charge is -2.27. The fourth-order valence-electron chi connectivity index (χ4n) is 3.94. The summed E-state index contributed by atoms with van der Waals surface area (Å²) in [6.45, 7) is 1.98. The third kappa shape index (κ3) is 4.63. The van der Waals surface area contributed by atoms with Gasteiger partial charge in [-0.2, -0.15) is 13.2 Å². The third-order valence-electron chi connectivity index (χ3n) is 5.97. The molecule has 5 rings (SSSR count). The van der Waals surface area contributed by atoms with Gasteiger partial charge in [-0.3, -0.25) is 0 Å². The topological polar surface area (TPSA) is 53.9 Å². The lowest BCUT2D eigenvalue weighted by molar-refractivity contribution is -0.137. The molecule has 1 saturated heterocycles. The molecule has 3 heterocycles. The van der Waals surface area contributed by atoms with E-state index in [9.17, 15) is 13.2 Å². The van der Waals surface area contributed by atoms with Gasteiger partial charge in [-0.1, -0.05) is 12.1 Å². The minimum absolute atomic E-state index is 0.306. The first-order valence-corrected chi connectivity index (χ1v) is 11.7. The monoisotopic (exact) mass is 459 g/mol. The molecule has 1 aliphatic carbocycles. The van der Waals surface area contributed by atoms with Gasteiger partial charge in [0.1, 0.15) is 0 Å². The molecule has 0 spiro atoms. The van der Waals surface area contributed by atoms with E-state index in [1.54, 1.807) is 29.7 Å². The summed E-state index contributed by atoms with van der Waals surface area (Å²) >= 11 is 1.54. The van der Waals surface area contributed by atoms with E-state index < -0.39 is 11.7 Å². The third-order valence-corrected chi connectivity index (χ3v) is 7.21. The molecule has 2 aliphatic rings. The standard InChI is InChI=1S/C23H24F3N5S/c1-31-11-8-14(9-12-31)21-30-19(15-3-2-4-16(13-15)23(24,25)26)20(32-21)18-7-10-27-22(29-18)28-17-5-6-17/h2-4,7,10,13-14,17H,5-6,8-9,11-12H2,1H3,(H,27,28,29). The van der Waals surface area contributed by atoms with Gasteiger partial charge < -0.3 is 10.2 Å². The Balaban J connectivity index is 1.57. The summed E-state index contributed by atoms with van der Waals surface area (Å²) in [6.07, 6.45) is 1.47. The Kier molecular flexibility index (Phi) is 5.63. The van der Waals surface area contributed by atoms with Crippen LogP contribution < -0.4 is 5.32 Å². The molecule has 0 atom stereocenters. The van der Waals surface area contributed by atoms with Crippen LogP contribution in [0.25, 0.3) is 21.8 Å². The number of thiazole rings is 1. The highest BCUT2D eigenvalue weighted by Crippen LogP contribution is 2.42. The van der Waals surface area contributed by atoms with Crippen molar-refractivity contribution in [1.29, 1.82) is 0 Å². The minimum Gasteiger partial charge on any atom is -0.351 e. The van der Waals surface area contributed by atoms with Crippen LogP contribution in [-0.2, 0) is 6.18 Å². The van der Waals surface area contributed by atoms with Crippen molar-refractivity contribution in [3.05, 3.63) is 47.1 Å². The van der Waals surface area contributed by atoms with Crippen molar-refractivity contribution in [2.24, 2.45) is 0 Å². The number of alkyl halides is 3. The smallest absolute Gasteiger partial charge is 0.351 e. The van der Waals surface area contributed by atoms with E-state index in [0.29, 0.717) is 34.9 Å². The van der Waals surface area contributed by atoms with Gasteiger partial charge >= 0.3 is 6.18 Å². The van der Waals surface area contributed by atoms with E-state index in [1.807, 2.05) is 0 Å². The van der Waals surface area contributed by atoms with E-state index >= 15 is 0 Å². The molecule has 1 aromatic carbocycles. The average molecular weight is 460 g/mol. The number of hydrogen-bond donors (Lipinski definition) is 1. The number of aromatic nitrogens is 3. The van der Waals surface area contributed by atoms with Crippen LogP contribution in [0.2, 0.25) is 0 Å². The van der Waals surface area contributed by atoms with Crippen LogP contribution >= 0.6 is 11.3 Å². The molecule has 3 aromatic rings. The molecule has 0 bridgehead atoms. The van der Waals surface area contributed by atoms with Crippen molar-refractivity contribution in [3.8, 4) is 21.8 Å². The van der Waals surface area contributed by atoms with E-state index in [4.69, 9.17) is 4.98 Å². The Labute approximate surface area is 188 Å². The predicted molar refractivity (Wildman–Crippen MR) is 120 cm³/mol. The molecule has 9 heteroatoms. The molecule has 32 heavy (non-hydrogen) atoms. The highest BCUT2D eigenvalue weighted by atomic mass is 32.1. The molecule has 1 N–H and O–H groups in total. The molecule has 2 fully saturated rings. The summed E-state index contributed by atoms with van der Waals surface area (Å²) < 4.78 is 40.1. The largest absolute Gasteiger partial charge is 0.416 e. The maximum atomic E-state index is 13.4. The second kappa shape index (κ2) is 8.44. The van der Waals surface area contributed by atoms with Gasteiger partial charge in [-0.05, 0) is 64.0 Å². The molecule has 1 saturated carbocycles. The highest BCUT2D eigenvalue weighted by molar-refractivity contribution is 7.15. The Morgan fingerprint density at radius 3 is 2.56 bits per heavy atom. The van der Waals surface area contributed by atoms with E-state index in [-0.39, 0.29) is 0 Å². The SMILES string of the molecule is CN1CCC(c2nc(-c3cccc(C(F)(F)F)c3)c(-c3ccnc(NC4CC4)n3)s2)CC1. The summed E-state index contributed by atoms with van der Waals surface area (Å²) in [4.78, 5) is 16.9. The Hall–Kier alpha value is -2.52. The van der Waals surface area contributed by atoms with Gasteiger partial charge in [0.25, 0.3) is 0 Å². The van der Waals surface area contributed by atoms with E-state index in [1.165, 1.54) is 12.1 Å². The summed E-state index contributed by atoms with van der Waals surface area (Å²) in [5, 5.41) is 4.27. The minimum atomic E-state index is -4.40. The van der Waals surface area contributed by atoms with Crippen molar-refractivity contribution in [3.63, 3.8) is 0 Å². The lowest BCUT2D eigenvalue weighted by Crippen LogP contribution is -2.29. The van der Waals surface area contributed by atoms with E-state index in [0.717, 1.165) is 54.7 Å². The number of rotatable bonds is 5. The second-order valence-corrected chi connectivity index (χ2v) is 9.60. The Bertz CT molecular complexity index is 1100. The van der Waals surface area contributed by atoms with Gasteiger partial charge in [0, 0.05) is 23.7 Å². The van der Waals surface area contributed by atoms with Gasteiger partial charge in [0.2, 0.25) is 5.95 Å². The summed E-state index contributed by atoms with van der Waals surface area (Å²) in [5.41, 5.74) is 1.03. The number of nitrogens with one attached hydrogen (secondary N) is 1. The first-order valence-electron chi connectivity index (χ1n) is 10.8. The number of halogens is 3. The van der Waals surface area contributed by atoms with Crippen LogP contribution in [0.4, 0.5) is 19.1 Å². The number of likely N-dealkylation sites (tertiary alicyclic amines) is 1. The summed E-state index contributed by atoms with van der Waals surface area (Å²) in [5.74, 6) is 0.856. The van der Waals surface area contributed by atoms with Crippen LogP contribution in [0.3, 0.4) is 0 Å². The molecule has 2 aromatic heterocycles. The quantitative estimate of drug-likeness (QED) is 0.533. The van der Waals surface area contributed by atoms with Crippen molar-refractivity contribution in [2.75, 3.05) is 25.5 Å². The molecule has 0 unspecified atom stereocenters. The fourth-order valence-corrected chi connectivity index (χ4v) is 5.17. The summed E-state index contributed by atoms with van der Waals surface area (Å²) in [7, 11) is 2.10. The fraction of sp³-hybridized carbons (Fsp3) is 0.435. The highest BCUT2D eigenvalue weighted by Gasteiger charge is 2.31. The van der Waals surface area contributed by atoms with Crippen molar-refractivity contribution < 1.29 is 13.2 Å². The first kappa shape index (κ1) is 21.3. The van der Waals surface area contributed by atoms with Crippen molar-refractivity contribution >= 4 is 17.3 Å². The lowest BCUT2D eigenvalue weighted by atomic mass is 9.98. The Morgan fingerprint density at radius 1 is 1.06 bits per heavy atom. The van der Waals surface area contributed by atoms with Crippen molar-refractivity contribution in [1.82, 2.24) is 19.9 Å². The number of anilines is 1. The molecule has 0 amide bonds. The van der Waals surface area contributed by atoms with Gasteiger partial charge in [0.15, 0.2) is 0 Å². The maximum Gasteiger partial charge on any atom is 0.416 e. The molecule has 1 aliphatic heterocycles. The normalized spacial score (nSPS) is 18.1. The van der Waals surface area contributed by atoms with Crippen LogP contribution in [0, 0.1) is 0 Å². The molecule has 168 valence electrons. The Morgan fingerprint density at radius 2 is 1.84 bits per heavy atom. The van der Waals surface area contributed by atoms with Gasteiger partial charge in [0.05, 0.1) is 26.8 Å². The van der Waals surface area contributed by atoms with Crippen molar-refractivity contribution in [2.45, 2.75) is 43.8 Å². The van der Waals surface area contributed by atoms with E-state index in [2.05, 4.69) is 27.2 Å². The van der Waals surface area contributed by atoms with Crippen LogP contribution in [0.1, 0.15) is 42.2 Å². The zero-order chi connectivity index (χ0) is 22.3. The number of benzene rings is 1. The van der Waals surface area contributed by atoms with Gasteiger partial charge in [-0.15, -0.1) is 11.3 Å². The van der Waals surface area contributed by atoms with Crippen LogP contribution in [0.15, 0.2) is 36.5 Å². The molecular weight excluding hydrogens is 435 g/mol. The molecule has 0 radical (unpaired) electrons. The zero-order valence-electron chi connectivity index (χ0n) is 17.7. The molecule has 5 nitrogen and oxygen atoms in total.